The van der Waals surface area contributed by atoms with E-state index >= 15 is 0 Å². The minimum absolute atomic E-state index is 0.392. The van der Waals surface area contributed by atoms with Crippen molar-refractivity contribution in [1.29, 1.82) is 0 Å². The maximum atomic E-state index is 5.84. The second kappa shape index (κ2) is 6.17. The highest BCUT2D eigenvalue weighted by Gasteiger charge is 2.33. The average Bonchev–Trinajstić information content (AvgIpc) is 2.29. The smallest absolute Gasteiger partial charge is 0.0678 e. The summed E-state index contributed by atoms with van der Waals surface area (Å²) in [7, 11) is 0. The minimum Gasteiger partial charge on any atom is -0.373 e. The molecular weight excluding hydrogens is 212 g/mol. The number of nitrogens with one attached hydrogen (secondary N) is 1. The third-order valence-electron chi connectivity index (χ3n) is 4.11. The zero-order valence-electron chi connectivity index (χ0n) is 11.6. The number of hydrogen-bond acceptors (Lipinski definition) is 3. The molecule has 1 heterocycles. The molecule has 2 fully saturated rings. The standard InChI is InChI=1S/C14H28N2O/c1-4-15-13-7-5-6-8-14(13)16-9-11(2)17-12(3)10-16/h11-15H,4-10H2,1-3H3/t11-,12+,13?,14?. The van der Waals surface area contributed by atoms with E-state index in [4.69, 9.17) is 4.74 Å². The molecule has 0 aromatic heterocycles. The van der Waals surface area contributed by atoms with Crippen LogP contribution in [0.25, 0.3) is 0 Å². The van der Waals surface area contributed by atoms with E-state index < -0.39 is 0 Å². The van der Waals surface area contributed by atoms with Crippen LogP contribution in [0.5, 0.6) is 0 Å². The van der Waals surface area contributed by atoms with Gasteiger partial charge in [0.1, 0.15) is 0 Å². The third-order valence-corrected chi connectivity index (χ3v) is 4.11. The fourth-order valence-electron chi connectivity index (χ4n) is 3.54. The number of ether oxygens (including phenoxy) is 1. The highest BCUT2D eigenvalue weighted by atomic mass is 16.5. The molecule has 3 nitrogen and oxygen atoms in total. The molecule has 1 saturated heterocycles. The molecule has 100 valence electrons. The summed E-state index contributed by atoms with van der Waals surface area (Å²) in [5.41, 5.74) is 0. The lowest BCUT2D eigenvalue weighted by atomic mass is 9.88. The summed E-state index contributed by atoms with van der Waals surface area (Å²) in [6.07, 6.45) is 6.28. The van der Waals surface area contributed by atoms with E-state index in [-0.39, 0.29) is 0 Å². The number of morpholine rings is 1. The van der Waals surface area contributed by atoms with Crippen LogP contribution in [0.3, 0.4) is 0 Å². The van der Waals surface area contributed by atoms with Crippen LogP contribution in [0, 0.1) is 0 Å². The first-order valence-electron chi connectivity index (χ1n) is 7.33. The zero-order valence-corrected chi connectivity index (χ0v) is 11.6. The van der Waals surface area contributed by atoms with E-state index in [9.17, 15) is 0 Å². The molecule has 3 heteroatoms. The Morgan fingerprint density at radius 3 is 2.41 bits per heavy atom. The van der Waals surface area contributed by atoms with Crippen LogP contribution in [0.1, 0.15) is 46.5 Å². The van der Waals surface area contributed by atoms with Crippen molar-refractivity contribution in [3.05, 3.63) is 0 Å². The number of likely N-dealkylation sites (N-methyl/N-ethyl adjacent to an activating group) is 1. The van der Waals surface area contributed by atoms with Gasteiger partial charge in [-0.1, -0.05) is 19.8 Å². The topological polar surface area (TPSA) is 24.5 Å². The van der Waals surface area contributed by atoms with Crippen LogP contribution in [0.15, 0.2) is 0 Å². The van der Waals surface area contributed by atoms with E-state index in [0.29, 0.717) is 18.2 Å². The molecule has 0 bridgehead atoms. The van der Waals surface area contributed by atoms with Crippen molar-refractivity contribution in [2.24, 2.45) is 0 Å². The van der Waals surface area contributed by atoms with Crippen molar-refractivity contribution < 1.29 is 4.74 Å². The van der Waals surface area contributed by atoms with Crippen molar-refractivity contribution in [2.45, 2.75) is 70.7 Å². The molecule has 1 N–H and O–H groups in total. The summed E-state index contributed by atoms with van der Waals surface area (Å²) in [5.74, 6) is 0. The molecule has 2 unspecified atom stereocenters. The molecule has 1 aliphatic carbocycles. The van der Waals surface area contributed by atoms with Gasteiger partial charge in [0.25, 0.3) is 0 Å². The molecule has 4 atom stereocenters. The van der Waals surface area contributed by atoms with Gasteiger partial charge in [0.2, 0.25) is 0 Å². The van der Waals surface area contributed by atoms with Gasteiger partial charge in [-0.15, -0.1) is 0 Å². The van der Waals surface area contributed by atoms with Gasteiger partial charge in [-0.25, -0.2) is 0 Å². The van der Waals surface area contributed by atoms with E-state index in [1.807, 2.05) is 0 Å². The SMILES string of the molecule is CCNC1CCCCC1N1C[C@@H](C)O[C@@H](C)C1. The average molecular weight is 240 g/mol. The Hall–Kier alpha value is -0.120. The summed E-state index contributed by atoms with van der Waals surface area (Å²) in [6, 6.07) is 1.43. The first-order chi connectivity index (χ1) is 8.20. The summed E-state index contributed by atoms with van der Waals surface area (Å²) < 4.78 is 5.84. The first-order valence-corrected chi connectivity index (χ1v) is 7.33. The highest BCUT2D eigenvalue weighted by Crippen LogP contribution is 2.26. The maximum Gasteiger partial charge on any atom is 0.0678 e. The molecule has 0 amide bonds. The fourth-order valence-corrected chi connectivity index (χ4v) is 3.54. The number of nitrogens with zero attached hydrogens (tertiary/aromatic N) is 1. The first kappa shape index (κ1) is 13.3. The van der Waals surface area contributed by atoms with Crippen LogP contribution >= 0.6 is 0 Å². The Kier molecular flexibility index (Phi) is 4.83. The van der Waals surface area contributed by atoms with Crippen LogP contribution in [0.2, 0.25) is 0 Å². The lowest BCUT2D eigenvalue weighted by Crippen LogP contribution is -2.57. The molecular formula is C14H28N2O. The molecule has 17 heavy (non-hydrogen) atoms. The van der Waals surface area contributed by atoms with Crippen LogP contribution in [-0.2, 0) is 4.74 Å². The quantitative estimate of drug-likeness (QED) is 0.817. The van der Waals surface area contributed by atoms with Crippen LogP contribution in [0.4, 0.5) is 0 Å². The van der Waals surface area contributed by atoms with Crippen molar-refractivity contribution in [3.63, 3.8) is 0 Å². The number of hydrogen-bond donors (Lipinski definition) is 1. The highest BCUT2D eigenvalue weighted by molar-refractivity contribution is 4.90. The van der Waals surface area contributed by atoms with Gasteiger partial charge in [-0.2, -0.15) is 0 Å². The molecule has 0 radical (unpaired) electrons. The monoisotopic (exact) mass is 240 g/mol. The van der Waals surface area contributed by atoms with Crippen molar-refractivity contribution in [1.82, 2.24) is 10.2 Å². The Balaban J connectivity index is 1.97. The maximum absolute atomic E-state index is 5.84. The van der Waals surface area contributed by atoms with E-state index in [1.165, 1.54) is 25.7 Å². The van der Waals surface area contributed by atoms with Gasteiger partial charge in [0, 0.05) is 25.2 Å². The third kappa shape index (κ3) is 3.43. The second-order valence-electron chi connectivity index (χ2n) is 5.73. The predicted octanol–water partition coefficient (Wildman–Crippen LogP) is 2.02. The molecule has 1 aliphatic heterocycles. The second-order valence-corrected chi connectivity index (χ2v) is 5.73. The Morgan fingerprint density at radius 1 is 1.12 bits per heavy atom. The van der Waals surface area contributed by atoms with Crippen LogP contribution < -0.4 is 5.32 Å². The lowest BCUT2D eigenvalue weighted by molar-refractivity contribution is -0.0877. The van der Waals surface area contributed by atoms with Gasteiger partial charge in [0.05, 0.1) is 12.2 Å². The van der Waals surface area contributed by atoms with Crippen molar-refractivity contribution in [3.8, 4) is 0 Å². The minimum atomic E-state index is 0.392. The number of rotatable bonds is 3. The lowest BCUT2D eigenvalue weighted by Gasteiger charge is -2.45. The molecule has 0 aromatic rings. The molecule has 0 spiro atoms. The van der Waals surface area contributed by atoms with Crippen molar-refractivity contribution >= 4 is 0 Å². The molecule has 2 rings (SSSR count). The summed E-state index contributed by atoms with van der Waals surface area (Å²) >= 11 is 0. The van der Waals surface area contributed by atoms with Gasteiger partial charge in [-0.3, -0.25) is 4.90 Å². The summed E-state index contributed by atoms with van der Waals surface area (Å²) in [5, 5.41) is 3.68. The fraction of sp³-hybridized carbons (Fsp3) is 1.00. The molecule has 2 aliphatic rings. The Bertz CT molecular complexity index is 222. The largest absolute Gasteiger partial charge is 0.373 e. The zero-order chi connectivity index (χ0) is 12.3. The summed E-state index contributed by atoms with van der Waals surface area (Å²) in [6.45, 7) is 9.93. The normalized spacial score (nSPS) is 40.4. The van der Waals surface area contributed by atoms with Gasteiger partial charge in [0.15, 0.2) is 0 Å². The van der Waals surface area contributed by atoms with E-state index in [0.717, 1.165) is 25.7 Å². The van der Waals surface area contributed by atoms with E-state index in [1.54, 1.807) is 0 Å². The predicted molar refractivity (Wildman–Crippen MR) is 71.3 cm³/mol. The van der Waals surface area contributed by atoms with E-state index in [2.05, 4.69) is 31.0 Å². The van der Waals surface area contributed by atoms with Gasteiger partial charge < -0.3 is 10.1 Å². The Morgan fingerprint density at radius 2 is 1.76 bits per heavy atom. The summed E-state index contributed by atoms with van der Waals surface area (Å²) in [4.78, 5) is 2.67. The molecule has 1 saturated carbocycles. The molecule has 0 aromatic carbocycles. The van der Waals surface area contributed by atoms with Crippen molar-refractivity contribution in [2.75, 3.05) is 19.6 Å². The van der Waals surface area contributed by atoms with Gasteiger partial charge >= 0.3 is 0 Å². The van der Waals surface area contributed by atoms with Crippen LogP contribution in [-0.4, -0.2) is 48.8 Å². The Labute approximate surface area is 106 Å². The van der Waals surface area contributed by atoms with Gasteiger partial charge in [-0.05, 0) is 33.2 Å².